The van der Waals surface area contributed by atoms with Gasteiger partial charge < -0.3 is 48.0 Å². The van der Waals surface area contributed by atoms with E-state index in [9.17, 15) is 38.3 Å². The highest BCUT2D eigenvalue weighted by molar-refractivity contribution is 5.94. The number of aromatic nitrogens is 3. The molecule has 2 aromatic carbocycles. The fourth-order valence-corrected chi connectivity index (χ4v) is 5.61. The highest BCUT2D eigenvalue weighted by Gasteiger charge is 2.32. The fourth-order valence-electron chi connectivity index (χ4n) is 5.61. The molecular formula is C36H45FN12O8. The van der Waals surface area contributed by atoms with Gasteiger partial charge in [0.1, 0.15) is 29.6 Å². The molecule has 2 unspecified atom stereocenters. The Kier molecular flexibility index (Phi) is 16.4. The van der Waals surface area contributed by atoms with Crippen molar-refractivity contribution >= 4 is 47.7 Å². The van der Waals surface area contributed by atoms with Crippen LogP contribution in [0.3, 0.4) is 0 Å². The second-order valence-electron chi connectivity index (χ2n) is 12.9. The quantitative estimate of drug-likeness (QED) is 0.0373. The predicted molar refractivity (Wildman–Crippen MR) is 201 cm³/mol. The zero-order valence-corrected chi connectivity index (χ0v) is 30.8. The summed E-state index contributed by atoms with van der Waals surface area (Å²) < 4.78 is 14.4. The first-order valence-corrected chi connectivity index (χ1v) is 18.0. The molecule has 0 aliphatic carbocycles. The number of rotatable bonds is 16. The van der Waals surface area contributed by atoms with Crippen LogP contribution in [0.2, 0.25) is 0 Å². The van der Waals surface area contributed by atoms with Gasteiger partial charge in [-0.25, -0.2) is 9.07 Å². The summed E-state index contributed by atoms with van der Waals surface area (Å²) in [5.74, 6) is -5.49. The number of halogens is 1. The highest BCUT2D eigenvalue weighted by atomic mass is 19.1. The Labute approximate surface area is 326 Å². The molecular weight excluding hydrogens is 747 g/mol. The highest BCUT2D eigenvalue weighted by Crippen LogP contribution is 2.21. The standard InChI is InChI=1S/C36H45FN12O8/c37-24-12-10-23(11-13-24)18-43-57-21-31(51)40-14-5-9-29-35(56)45-25(8-4-15-41-36(38)39)33(54)42-19-30(50)44-27(17-32(52)53)34(55)46-26(28-20-49(29)48-47-28)16-22-6-2-1-3-7-22/h1-3,6-7,10-13,18,20,25-27,29H,4-5,8-9,14-17,19,21H2,(H,40,51)(H,42,54)(H,44,50)(H,45,56)(H,46,55)(H,52,53)(H4,38,39,41)/b43-18+/t25-,26?,27-,29?/m0/s1. The van der Waals surface area contributed by atoms with Crippen LogP contribution < -0.4 is 38.1 Å². The van der Waals surface area contributed by atoms with E-state index in [4.69, 9.17) is 16.3 Å². The van der Waals surface area contributed by atoms with Crippen LogP contribution in [0, 0.1) is 5.82 Å². The Morgan fingerprint density at radius 1 is 0.947 bits per heavy atom. The number of carboxylic acids is 1. The molecule has 2 bridgehead atoms. The number of nitrogens with zero attached hydrogens (tertiary/aromatic N) is 5. The summed E-state index contributed by atoms with van der Waals surface area (Å²) in [5.41, 5.74) is 12.4. The molecule has 4 atom stereocenters. The van der Waals surface area contributed by atoms with Gasteiger partial charge in [-0.15, -0.1) is 5.10 Å². The van der Waals surface area contributed by atoms with E-state index in [-0.39, 0.29) is 56.8 Å². The Hall–Kier alpha value is -6.93. The molecule has 0 saturated carbocycles. The first-order chi connectivity index (χ1) is 27.4. The number of fused-ring (bicyclic) bond motifs is 2. The smallest absolute Gasteiger partial charge is 0.305 e. The van der Waals surface area contributed by atoms with E-state index < -0.39 is 85.1 Å². The number of hydrogen-bond acceptors (Lipinski definition) is 11. The second kappa shape index (κ2) is 21.8. The first-order valence-electron chi connectivity index (χ1n) is 18.0. The van der Waals surface area contributed by atoms with Crippen molar-refractivity contribution in [3.05, 3.63) is 83.4 Å². The molecule has 1 aromatic heterocycles. The van der Waals surface area contributed by atoms with E-state index >= 15 is 0 Å². The maximum absolute atomic E-state index is 14.0. The Balaban J connectivity index is 1.56. The number of hydrogen-bond donors (Lipinski definition) is 8. The lowest BCUT2D eigenvalue weighted by atomic mass is 10.0. The molecule has 21 heteroatoms. The number of carbonyl (C=O) groups is 6. The summed E-state index contributed by atoms with van der Waals surface area (Å²) in [7, 11) is 0. The molecule has 0 fully saturated rings. The van der Waals surface area contributed by atoms with Crippen molar-refractivity contribution in [1.82, 2.24) is 41.6 Å². The van der Waals surface area contributed by atoms with Crippen LogP contribution >= 0.6 is 0 Å². The van der Waals surface area contributed by atoms with Gasteiger partial charge in [0.2, 0.25) is 23.6 Å². The summed E-state index contributed by atoms with van der Waals surface area (Å²) in [4.78, 5) is 86.8. The van der Waals surface area contributed by atoms with Gasteiger partial charge in [-0.2, -0.15) is 0 Å². The minimum Gasteiger partial charge on any atom is -0.481 e. The van der Waals surface area contributed by atoms with Crippen LogP contribution in [0.5, 0.6) is 0 Å². The van der Waals surface area contributed by atoms with Gasteiger partial charge in [0, 0.05) is 13.1 Å². The summed E-state index contributed by atoms with van der Waals surface area (Å²) in [6.45, 7) is -0.814. The number of guanidine groups is 1. The van der Waals surface area contributed by atoms with Crippen LogP contribution in [0.25, 0.3) is 0 Å². The van der Waals surface area contributed by atoms with Crippen molar-refractivity contribution in [2.45, 2.75) is 62.7 Å². The van der Waals surface area contributed by atoms with Crippen molar-refractivity contribution < 1.29 is 43.1 Å². The Morgan fingerprint density at radius 2 is 1.68 bits per heavy atom. The third kappa shape index (κ3) is 14.7. The normalized spacial score (nSPS) is 19.1. The maximum atomic E-state index is 14.0. The topological polar surface area (TPSA) is 299 Å². The average Bonchev–Trinajstić information content (AvgIpc) is 3.66. The van der Waals surface area contributed by atoms with Gasteiger partial charge in [-0.1, -0.05) is 52.8 Å². The van der Waals surface area contributed by atoms with Crippen LogP contribution in [0.1, 0.15) is 61.0 Å². The first kappa shape index (κ1) is 42.8. The van der Waals surface area contributed by atoms with Gasteiger partial charge >= 0.3 is 5.97 Å². The van der Waals surface area contributed by atoms with Crippen molar-refractivity contribution in [3.63, 3.8) is 0 Å². The number of aliphatic carboxylic acids is 1. The van der Waals surface area contributed by atoms with E-state index in [0.717, 1.165) is 5.56 Å². The number of carbonyl (C=O) groups excluding carboxylic acids is 5. The minimum absolute atomic E-state index is 0.0498. The Morgan fingerprint density at radius 3 is 2.40 bits per heavy atom. The molecule has 0 radical (unpaired) electrons. The summed E-state index contributed by atoms with van der Waals surface area (Å²) in [6, 6.07) is 9.85. The fraction of sp³-hybridized carbons (Fsp3) is 0.389. The SMILES string of the molecule is NC(N)=NCCC[C@@H]1NC(=O)C(CCCNC(=O)CO/N=C/c2ccc(F)cc2)n2cc(nn2)C(Cc2ccccc2)NC(=O)[C@H](CC(=O)O)NC(=O)CNC1=O. The predicted octanol–water partition coefficient (Wildman–Crippen LogP) is -1.07. The summed E-state index contributed by atoms with van der Waals surface area (Å²) in [6.07, 6.45) is 2.83. The van der Waals surface area contributed by atoms with Crippen molar-refractivity contribution in [2.24, 2.45) is 21.6 Å². The van der Waals surface area contributed by atoms with Crippen LogP contribution in [0.4, 0.5) is 4.39 Å². The van der Waals surface area contributed by atoms with Gasteiger partial charge in [0.05, 0.1) is 31.4 Å². The van der Waals surface area contributed by atoms with Gasteiger partial charge in [-0.05, 0) is 55.4 Å². The minimum atomic E-state index is -1.52. The van der Waals surface area contributed by atoms with E-state index in [1.54, 1.807) is 12.1 Å². The number of nitrogens with two attached hydrogens (primary N) is 2. The van der Waals surface area contributed by atoms with E-state index in [1.165, 1.54) is 41.4 Å². The lowest BCUT2D eigenvalue weighted by molar-refractivity contribution is -0.141. The zero-order valence-electron chi connectivity index (χ0n) is 30.8. The number of nitrogens with one attached hydrogen (secondary N) is 5. The van der Waals surface area contributed by atoms with E-state index in [1.807, 2.05) is 18.2 Å². The van der Waals surface area contributed by atoms with E-state index in [0.29, 0.717) is 5.56 Å². The van der Waals surface area contributed by atoms with Crippen molar-refractivity contribution in [3.8, 4) is 0 Å². The van der Waals surface area contributed by atoms with Crippen LogP contribution in [-0.2, 0) is 40.0 Å². The molecule has 2 heterocycles. The molecule has 1 aliphatic rings. The molecule has 1 aliphatic heterocycles. The Bertz CT molecular complexity index is 1900. The van der Waals surface area contributed by atoms with Crippen LogP contribution in [-0.4, -0.2) is 106 Å². The summed E-state index contributed by atoms with van der Waals surface area (Å²) >= 11 is 0. The molecule has 57 heavy (non-hydrogen) atoms. The van der Waals surface area contributed by atoms with Gasteiger partial charge in [-0.3, -0.25) is 33.8 Å². The van der Waals surface area contributed by atoms with Crippen molar-refractivity contribution in [1.29, 1.82) is 0 Å². The molecule has 3 aromatic rings. The largest absolute Gasteiger partial charge is 0.481 e. The monoisotopic (exact) mass is 792 g/mol. The average molecular weight is 793 g/mol. The lowest BCUT2D eigenvalue weighted by Crippen LogP contribution is -2.53. The van der Waals surface area contributed by atoms with Gasteiger partial charge in [0.25, 0.3) is 5.91 Å². The van der Waals surface area contributed by atoms with Gasteiger partial charge in [0.15, 0.2) is 12.6 Å². The third-order valence-corrected chi connectivity index (χ3v) is 8.46. The number of aliphatic imine (C=N–C) groups is 1. The summed E-state index contributed by atoms with van der Waals surface area (Å²) in [5, 5.41) is 34.6. The zero-order chi connectivity index (χ0) is 41.2. The third-order valence-electron chi connectivity index (χ3n) is 8.46. The number of oxime groups is 1. The second-order valence-corrected chi connectivity index (χ2v) is 12.9. The molecule has 10 N–H and O–H groups in total. The molecule has 0 spiro atoms. The maximum Gasteiger partial charge on any atom is 0.305 e. The molecule has 20 nitrogen and oxygen atoms in total. The molecule has 0 saturated heterocycles. The molecule has 304 valence electrons. The number of carboxylic acid groups (broad SMARTS) is 1. The number of amides is 5. The molecule has 4 rings (SSSR count). The lowest BCUT2D eigenvalue weighted by Gasteiger charge is -2.24. The van der Waals surface area contributed by atoms with Crippen molar-refractivity contribution in [2.75, 3.05) is 26.2 Å². The number of benzene rings is 2. The van der Waals surface area contributed by atoms with E-state index in [2.05, 4.69) is 47.0 Å². The molecule has 5 amide bonds. The van der Waals surface area contributed by atoms with Crippen LogP contribution in [0.15, 0.2) is 70.9 Å².